The molecule has 1 amide bonds. The Morgan fingerprint density at radius 2 is 2.31 bits per heavy atom. The van der Waals surface area contributed by atoms with Crippen LogP contribution in [0.5, 0.6) is 0 Å². The highest BCUT2D eigenvalue weighted by Gasteiger charge is 2.36. The van der Waals surface area contributed by atoms with E-state index in [9.17, 15) is 18.0 Å². The first-order valence-electron chi connectivity index (χ1n) is 8.29. The molecule has 2 unspecified atom stereocenters. The van der Waals surface area contributed by atoms with Crippen LogP contribution >= 0.6 is 11.3 Å². The van der Waals surface area contributed by atoms with Crippen molar-refractivity contribution in [3.8, 4) is 0 Å². The van der Waals surface area contributed by atoms with Crippen molar-refractivity contribution in [1.82, 2.24) is 9.88 Å². The minimum absolute atomic E-state index is 0.0440. The van der Waals surface area contributed by atoms with Gasteiger partial charge in [-0.3, -0.25) is 4.79 Å². The zero-order valence-electron chi connectivity index (χ0n) is 14.8. The van der Waals surface area contributed by atoms with Crippen LogP contribution in [-0.4, -0.2) is 66.9 Å². The third-order valence-corrected chi connectivity index (χ3v) is 6.57. The molecule has 1 saturated heterocycles. The lowest BCUT2D eigenvalue weighted by Gasteiger charge is -2.29. The van der Waals surface area contributed by atoms with E-state index in [1.165, 1.54) is 23.2 Å². The molecule has 2 rings (SSSR count). The number of likely N-dealkylation sites (N-methyl/N-ethyl adjacent to an activating group) is 1. The second kappa shape index (κ2) is 8.63. The molecule has 1 aliphatic rings. The Morgan fingerprint density at radius 1 is 1.58 bits per heavy atom. The molecule has 1 fully saturated rings. The van der Waals surface area contributed by atoms with Gasteiger partial charge in [0.15, 0.2) is 26.8 Å². The number of sulfone groups is 1. The lowest BCUT2D eigenvalue weighted by molar-refractivity contribution is -0.141. The number of amides is 1. The van der Waals surface area contributed by atoms with Crippen LogP contribution in [0.2, 0.25) is 0 Å². The number of esters is 1. The van der Waals surface area contributed by atoms with Crippen molar-refractivity contribution in [2.24, 2.45) is 0 Å². The standard InChI is InChI=1S/C16H23N3O5S2/c1-4-7-17-16-18-13(9-25-16)15(21)24-11(3)14(20)19(5-2)12-6-8-26(22,23)10-12/h4,9,11-12H,1,5-8,10H2,2-3H3,(H,17,18). The lowest BCUT2D eigenvalue weighted by Crippen LogP contribution is -2.46. The van der Waals surface area contributed by atoms with Crippen molar-refractivity contribution in [2.75, 3.05) is 29.9 Å². The van der Waals surface area contributed by atoms with Crippen molar-refractivity contribution >= 4 is 38.2 Å². The van der Waals surface area contributed by atoms with E-state index < -0.39 is 27.8 Å². The minimum atomic E-state index is -3.11. The molecule has 0 saturated carbocycles. The topological polar surface area (TPSA) is 106 Å². The van der Waals surface area contributed by atoms with Gasteiger partial charge in [0, 0.05) is 24.5 Å². The molecule has 0 aromatic carbocycles. The van der Waals surface area contributed by atoms with Crippen molar-refractivity contribution in [3.05, 3.63) is 23.7 Å². The summed E-state index contributed by atoms with van der Waals surface area (Å²) in [7, 11) is -3.11. The quantitative estimate of drug-likeness (QED) is 0.517. The Kier molecular flexibility index (Phi) is 6.76. The number of ether oxygens (including phenoxy) is 1. The summed E-state index contributed by atoms with van der Waals surface area (Å²) in [6, 6.07) is -0.368. The average molecular weight is 402 g/mol. The number of nitrogens with zero attached hydrogens (tertiary/aromatic N) is 2. The molecular weight excluding hydrogens is 378 g/mol. The van der Waals surface area contributed by atoms with Crippen molar-refractivity contribution < 1.29 is 22.7 Å². The SMILES string of the molecule is C=CCNc1nc(C(=O)OC(C)C(=O)N(CC)C2CCS(=O)(=O)C2)cs1. The third kappa shape index (κ3) is 5.04. The van der Waals surface area contributed by atoms with E-state index in [0.717, 1.165) is 0 Å². The fourth-order valence-electron chi connectivity index (χ4n) is 2.73. The zero-order chi connectivity index (χ0) is 19.3. The summed E-state index contributed by atoms with van der Waals surface area (Å²) in [6.45, 7) is 7.72. The number of hydrogen-bond donors (Lipinski definition) is 1. The van der Waals surface area contributed by atoms with Crippen LogP contribution in [0.15, 0.2) is 18.0 Å². The van der Waals surface area contributed by atoms with Gasteiger partial charge < -0.3 is 15.0 Å². The minimum Gasteiger partial charge on any atom is -0.448 e. The highest BCUT2D eigenvalue weighted by molar-refractivity contribution is 7.91. The van der Waals surface area contributed by atoms with Gasteiger partial charge in [0.2, 0.25) is 0 Å². The van der Waals surface area contributed by atoms with Crippen LogP contribution in [0.1, 0.15) is 30.8 Å². The highest BCUT2D eigenvalue weighted by atomic mass is 32.2. The largest absolute Gasteiger partial charge is 0.448 e. The molecule has 1 aromatic rings. The molecule has 0 bridgehead atoms. The molecule has 0 aliphatic carbocycles. The number of aromatic nitrogens is 1. The second-order valence-corrected chi connectivity index (χ2v) is 9.02. The highest BCUT2D eigenvalue weighted by Crippen LogP contribution is 2.20. The van der Waals surface area contributed by atoms with Gasteiger partial charge in [0.1, 0.15) is 0 Å². The number of carbonyl (C=O) groups excluding carboxylic acids is 2. The number of thiazole rings is 1. The molecular formula is C16H23N3O5S2. The Bertz CT molecular complexity index is 775. The predicted molar refractivity (Wildman–Crippen MR) is 100 cm³/mol. The van der Waals surface area contributed by atoms with Crippen LogP contribution in [0, 0.1) is 0 Å². The summed E-state index contributed by atoms with van der Waals surface area (Å²) in [4.78, 5) is 30.4. The fraction of sp³-hybridized carbons (Fsp3) is 0.562. The molecule has 26 heavy (non-hydrogen) atoms. The normalized spacial score (nSPS) is 19.5. The van der Waals surface area contributed by atoms with Crippen molar-refractivity contribution in [1.29, 1.82) is 0 Å². The van der Waals surface area contributed by atoms with Gasteiger partial charge in [-0.15, -0.1) is 17.9 Å². The molecule has 1 aromatic heterocycles. The Hall–Kier alpha value is -1.94. The van der Waals surface area contributed by atoms with Gasteiger partial charge in [-0.1, -0.05) is 6.08 Å². The summed E-state index contributed by atoms with van der Waals surface area (Å²) in [5.41, 5.74) is 0.118. The summed E-state index contributed by atoms with van der Waals surface area (Å²) in [5.74, 6) is -1.06. The van der Waals surface area contributed by atoms with Gasteiger partial charge in [-0.25, -0.2) is 18.2 Å². The molecule has 0 radical (unpaired) electrons. The maximum atomic E-state index is 12.6. The Morgan fingerprint density at radius 3 is 2.88 bits per heavy atom. The lowest BCUT2D eigenvalue weighted by atomic mass is 10.2. The van der Waals surface area contributed by atoms with Crippen molar-refractivity contribution in [3.63, 3.8) is 0 Å². The molecule has 2 atom stereocenters. The molecule has 0 spiro atoms. The van der Waals surface area contributed by atoms with Gasteiger partial charge >= 0.3 is 5.97 Å². The van der Waals surface area contributed by atoms with Gasteiger partial charge in [-0.2, -0.15) is 0 Å². The second-order valence-electron chi connectivity index (χ2n) is 5.94. The summed E-state index contributed by atoms with van der Waals surface area (Å²) >= 11 is 1.25. The first kappa shape index (κ1) is 20.4. The number of nitrogens with one attached hydrogen (secondary N) is 1. The number of anilines is 1. The maximum Gasteiger partial charge on any atom is 0.358 e. The number of rotatable bonds is 8. The molecule has 1 N–H and O–H groups in total. The summed E-state index contributed by atoms with van der Waals surface area (Å²) in [5, 5.41) is 5.07. The molecule has 8 nitrogen and oxygen atoms in total. The van der Waals surface area contributed by atoms with E-state index in [4.69, 9.17) is 4.74 Å². The Balaban J connectivity index is 1.97. The van der Waals surface area contributed by atoms with Crippen LogP contribution in [0.4, 0.5) is 5.13 Å². The van der Waals surface area contributed by atoms with E-state index in [1.54, 1.807) is 18.4 Å². The number of hydrogen-bond acceptors (Lipinski definition) is 8. The summed E-state index contributed by atoms with van der Waals surface area (Å²) < 4.78 is 28.5. The molecule has 1 aliphatic heterocycles. The van der Waals surface area contributed by atoms with Crippen LogP contribution in [-0.2, 0) is 19.4 Å². The smallest absolute Gasteiger partial charge is 0.358 e. The molecule has 144 valence electrons. The fourth-order valence-corrected chi connectivity index (χ4v) is 5.15. The van der Waals surface area contributed by atoms with Crippen LogP contribution in [0.25, 0.3) is 0 Å². The predicted octanol–water partition coefficient (Wildman–Crippen LogP) is 1.32. The first-order valence-corrected chi connectivity index (χ1v) is 11.0. The van der Waals surface area contributed by atoms with E-state index in [0.29, 0.717) is 24.6 Å². The van der Waals surface area contributed by atoms with Crippen molar-refractivity contribution in [2.45, 2.75) is 32.4 Å². The van der Waals surface area contributed by atoms with Gasteiger partial charge in [0.05, 0.1) is 11.5 Å². The van der Waals surface area contributed by atoms with E-state index in [1.807, 2.05) is 0 Å². The average Bonchev–Trinajstić information content (AvgIpc) is 3.20. The van der Waals surface area contributed by atoms with Crippen LogP contribution in [0.3, 0.4) is 0 Å². The first-order chi connectivity index (χ1) is 12.3. The molecule has 2 heterocycles. The summed E-state index contributed by atoms with van der Waals surface area (Å²) in [6.07, 6.45) is 1.06. The van der Waals surface area contributed by atoms with Gasteiger partial charge in [0.25, 0.3) is 5.91 Å². The van der Waals surface area contributed by atoms with Crippen LogP contribution < -0.4 is 5.32 Å². The molecule has 10 heteroatoms. The van der Waals surface area contributed by atoms with Gasteiger partial charge in [-0.05, 0) is 20.3 Å². The Labute approximate surface area is 157 Å². The van der Waals surface area contributed by atoms with E-state index >= 15 is 0 Å². The maximum absolute atomic E-state index is 12.6. The number of carbonyl (C=O) groups is 2. The third-order valence-electron chi connectivity index (χ3n) is 4.02. The van der Waals surface area contributed by atoms with E-state index in [-0.39, 0.29) is 23.2 Å². The monoisotopic (exact) mass is 401 g/mol. The van der Waals surface area contributed by atoms with E-state index in [2.05, 4.69) is 16.9 Å². The zero-order valence-corrected chi connectivity index (χ0v) is 16.4.